The largest absolute Gasteiger partial charge is 0.508 e. The number of amides is 3. The van der Waals surface area contributed by atoms with Gasteiger partial charge in [-0.05, 0) is 66.2 Å². The molecule has 3 amide bonds. The lowest BCUT2D eigenvalue weighted by molar-refractivity contribution is -0.122. The van der Waals surface area contributed by atoms with Gasteiger partial charge in [-0.15, -0.1) is 0 Å². The Morgan fingerprint density at radius 1 is 0.975 bits per heavy atom. The SMILES string of the molecule is O=C(COc1ccc([C@H]2c3sc(=O)[nH]c3SC3C(=O)N(c4ccc(Cl)cc4)C(=O)C32)cc1)Nc1ccc(O)cc1. The van der Waals surface area contributed by atoms with Gasteiger partial charge in [-0.25, -0.2) is 4.90 Å². The number of thioether (sulfide) groups is 1. The predicted molar refractivity (Wildman–Crippen MR) is 153 cm³/mol. The van der Waals surface area contributed by atoms with Gasteiger partial charge in [0.1, 0.15) is 16.7 Å². The quantitative estimate of drug-likeness (QED) is 0.220. The molecule has 9 nitrogen and oxygen atoms in total. The molecule has 0 saturated carbocycles. The lowest BCUT2D eigenvalue weighted by atomic mass is 9.83. The van der Waals surface area contributed by atoms with Crippen molar-refractivity contribution < 1.29 is 24.2 Å². The number of nitrogens with zero attached hydrogens (tertiary/aromatic N) is 1. The Bertz CT molecular complexity index is 1670. The van der Waals surface area contributed by atoms with Crippen molar-refractivity contribution in [1.82, 2.24) is 4.98 Å². The number of rotatable bonds is 6. The van der Waals surface area contributed by atoms with Crippen LogP contribution in [0.5, 0.6) is 11.5 Å². The van der Waals surface area contributed by atoms with Crippen LogP contribution >= 0.6 is 34.7 Å². The van der Waals surface area contributed by atoms with Gasteiger partial charge in [0.2, 0.25) is 11.8 Å². The van der Waals surface area contributed by atoms with E-state index in [1.54, 1.807) is 60.7 Å². The number of halogens is 1. The van der Waals surface area contributed by atoms with E-state index in [0.29, 0.717) is 32.1 Å². The van der Waals surface area contributed by atoms with E-state index in [2.05, 4.69) is 10.3 Å². The molecular weight excluding hydrogens is 574 g/mol. The highest BCUT2D eigenvalue weighted by atomic mass is 35.5. The number of benzene rings is 3. The molecule has 0 spiro atoms. The maximum Gasteiger partial charge on any atom is 0.305 e. The van der Waals surface area contributed by atoms with Gasteiger partial charge in [-0.3, -0.25) is 19.2 Å². The van der Waals surface area contributed by atoms with Crippen LogP contribution in [-0.2, 0) is 14.4 Å². The van der Waals surface area contributed by atoms with Crippen LogP contribution in [0.3, 0.4) is 0 Å². The molecule has 3 heterocycles. The number of phenolic OH excluding ortho intramolecular Hbond substituents is 1. The lowest BCUT2D eigenvalue weighted by Crippen LogP contribution is -2.32. The second kappa shape index (κ2) is 10.5. The van der Waals surface area contributed by atoms with E-state index in [1.807, 2.05) is 0 Å². The first-order valence-electron chi connectivity index (χ1n) is 12.1. The summed E-state index contributed by atoms with van der Waals surface area (Å²) in [5, 5.41) is 12.4. The molecule has 0 bridgehead atoms. The summed E-state index contributed by atoms with van der Waals surface area (Å²) in [5.74, 6) is -1.76. The van der Waals surface area contributed by atoms with Crippen LogP contribution in [0.1, 0.15) is 16.4 Å². The highest BCUT2D eigenvalue weighted by molar-refractivity contribution is 8.00. The average Bonchev–Trinajstić information content (AvgIpc) is 3.44. The molecule has 4 aromatic rings. The number of carbonyl (C=O) groups is 3. The molecule has 202 valence electrons. The maximum atomic E-state index is 13.7. The molecule has 12 heteroatoms. The monoisotopic (exact) mass is 593 g/mol. The van der Waals surface area contributed by atoms with Crippen LogP contribution in [0.2, 0.25) is 5.02 Å². The molecule has 1 fully saturated rings. The fraction of sp³-hybridized carbons (Fsp3) is 0.143. The molecule has 3 N–H and O–H groups in total. The zero-order valence-corrected chi connectivity index (χ0v) is 22.9. The Balaban J connectivity index is 1.24. The van der Waals surface area contributed by atoms with Crippen molar-refractivity contribution in [1.29, 1.82) is 0 Å². The number of fused-ring (bicyclic) bond motifs is 2. The molecule has 3 aromatic carbocycles. The number of aromatic nitrogens is 1. The van der Waals surface area contributed by atoms with Crippen LogP contribution in [0, 0.1) is 5.92 Å². The summed E-state index contributed by atoms with van der Waals surface area (Å²) in [4.78, 5) is 56.2. The van der Waals surface area contributed by atoms with Gasteiger partial charge in [0.15, 0.2) is 6.61 Å². The van der Waals surface area contributed by atoms with Crippen LogP contribution in [0.25, 0.3) is 0 Å². The normalized spacial score (nSPS) is 19.7. The molecule has 2 aliphatic rings. The minimum Gasteiger partial charge on any atom is -0.508 e. The number of aromatic amines is 1. The second-order valence-electron chi connectivity index (χ2n) is 9.19. The summed E-state index contributed by atoms with van der Waals surface area (Å²) in [6, 6.07) is 19.5. The van der Waals surface area contributed by atoms with Gasteiger partial charge in [-0.1, -0.05) is 46.8 Å². The van der Waals surface area contributed by atoms with Crippen LogP contribution in [0.4, 0.5) is 11.4 Å². The Kier molecular flexibility index (Phi) is 6.87. The lowest BCUT2D eigenvalue weighted by Gasteiger charge is -2.29. The van der Waals surface area contributed by atoms with Crippen molar-refractivity contribution in [2.45, 2.75) is 16.2 Å². The third-order valence-electron chi connectivity index (χ3n) is 6.67. The van der Waals surface area contributed by atoms with Crippen molar-refractivity contribution in [3.8, 4) is 11.5 Å². The first kappa shape index (κ1) is 26.2. The fourth-order valence-corrected chi connectivity index (χ4v) is 7.52. The number of imide groups is 1. The molecule has 3 atom stereocenters. The highest BCUT2D eigenvalue weighted by Crippen LogP contribution is 2.53. The van der Waals surface area contributed by atoms with Gasteiger partial charge < -0.3 is 20.1 Å². The summed E-state index contributed by atoms with van der Waals surface area (Å²) in [6.07, 6.45) is 0. The molecule has 1 saturated heterocycles. The Morgan fingerprint density at radius 2 is 1.68 bits per heavy atom. The Labute approximate surface area is 240 Å². The summed E-state index contributed by atoms with van der Waals surface area (Å²) in [7, 11) is 0. The number of carbonyl (C=O) groups excluding carboxylic acids is 3. The van der Waals surface area contributed by atoms with Crippen molar-refractivity contribution in [3.05, 3.63) is 97.9 Å². The smallest absolute Gasteiger partial charge is 0.305 e. The minimum absolute atomic E-state index is 0.0950. The number of thiazole rings is 1. The fourth-order valence-electron chi connectivity index (χ4n) is 4.88. The third kappa shape index (κ3) is 4.87. The van der Waals surface area contributed by atoms with Crippen LogP contribution < -0.4 is 19.8 Å². The van der Waals surface area contributed by atoms with Gasteiger partial charge in [0.05, 0.1) is 16.6 Å². The van der Waals surface area contributed by atoms with Crippen LogP contribution in [-0.4, -0.2) is 39.7 Å². The molecule has 1 aromatic heterocycles. The minimum atomic E-state index is -0.713. The van der Waals surface area contributed by atoms with Crippen LogP contribution in [0.15, 0.2) is 82.6 Å². The summed E-state index contributed by atoms with van der Waals surface area (Å²) >= 11 is 8.25. The number of H-pyrrole nitrogens is 1. The Morgan fingerprint density at radius 3 is 2.38 bits per heavy atom. The van der Waals surface area contributed by atoms with Crippen molar-refractivity contribution in [3.63, 3.8) is 0 Å². The van der Waals surface area contributed by atoms with Gasteiger partial charge in [0, 0.05) is 21.5 Å². The number of aromatic hydroxyl groups is 1. The van der Waals surface area contributed by atoms with E-state index in [9.17, 15) is 24.3 Å². The number of hydrogen-bond acceptors (Lipinski definition) is 8. The summed E-state index contributed by atoms with van der Waals surface area (Å²) in [5.41, 5.74) is 1.71. The number of phenols is 1. The molecule has 6 rings (SSSR count). The molecule has 40 heavy (non-hydrogen) atoms. The van der Waals surface area contributed by atoms with Crippen molar-refractivity contribution >= 4 is 63.8 Å². The van der Waals surface area contributed by atoms with Gasteiger partial charge in [0.25, 0.3) is 5.91 Å². The maximum absolute atomic E-state index is 13.7. The second-order valence-corrected chi connectivity index (χ2v) is 11.8. The topological polar surface area (TPSA) is 129 Å². The van der Waals surface area contributed by atoms with E-state index in [0.717, 1.165) is 16.9 Å². The molecular formula is C28H20ClN3O6S2. The molecule has 0 aliphatic carbocycles. The van der Waals surface area contributed by atoms with Gasteiger partial charge in [-0.2, -0.15) is 0 Å². The van der Waals surface area contributed by atoms with E-state index < -0.39 is 17.1 Å². The predicted octanol–water partition coefficient (Wildman–Crippen LogP) is 4.61. The zero-order valence-electron chi connectivity index (χ0n) is 20.5. The van der Waals surface area contributed by atoms with E-state index >= 15 is 0 Å². The number of anilines is 2. The molecule has 2 unspecified atom stereocenters. The standard InChI is InChI=1S/C28H20ClN3O6S2/c29-15-3-7-17(8-4-15)32-26(35)22-21(23-25(31-28(37)40-23)39-24(22)27(32)36)14-1-11-19(12-2-14)38-13-20(34)30-16-5-9-18(33)10-6-16/h1-12,21-22,24,33H,13H2,(H,30,34)(H,31,37)/t21-,22?,24?/m1/s1. The van der Waals surface area contributed by atoms with Gasteiger partial charge >= 0.3 is 4.87 Å². The number of hydrogen-bond donors (Lipinski definition) is 3. The Hall–Kier alpha value is -4.06. The summed E-state index contributed by atoms with van der Waals surface area (Å²) in [6.45, 7) is -0.238. The first-order valence-corrected chi connectivity index (χ1v) is 14.2. The summed E-state index contributed by atoms with van der Waals surface area (Å²) < 4.78 is 5.63. The highest BCUT2D eigenvalue weighted by Gasteiger charge is 2.56. The van der Waals surface area contributed by atoms with E-state index in [4.69, 9.17) is 16.3 Å². The number of nitrogens with one attached hydrogen (secondary N) is 2. The zero-order chi connectivity index (χ0) is 28.0. The number of ether oxygens (including phenoxy) is 1. The molecule has 0 radical (unpaired) electrons. The molecule has 2 aliphatic heterocycles. The van der Waals surface area contributed by atoms with Crippen molar-refractivity contribution in [2.75, 3.05) is 16.8 Å². The van der Waals surface area contributed by atoms with E-state index in [-0.39, 0.29) is 35.0 Å². The first-order chi connectivity index (χ1) is 19.3. The average molecular weight is 594 g/mol. The third-order valence-corrected chi connectivity index (χ3v) is 9.32. The van der Waals surface area contributed by atoms with Crippen molar-refractivity contribution in [2.24, 2.45) is 5.92 Å². The van der Waals surface area contributed by atoms with E-state index in [1.165, 1.54) is 28.8 Å².